The van der Waals surface area contributed by atoms with Gasteiger partial charge in [-0.3, -0.25) is 19.5 Å². The highest BCUT2D eigenvalue weighted by Gasteiger charge is 2.09. The summed E-state index contributed by atoms with van der Waals surface area (Å²) in [7, 11) is 1.42. The second kappa shape index (κ2) is 5.61. The molecule has 2 rings (SSSR count). The highest BCUT2D eigenvalue weighted by atomic mass is 32.1. The van der Waals surface area contributed by atoms with Gasteiger partial charge in [0.2, 0.25) is 5.91 Å². The number of hydrogen-bond acceptors (Lipinski definition) is 5. The van der Waals surface area contributed by atoms with Crippen LogP contribution in [0.4, 0.5) is 4.79 Å². The van der Waals surface area contributed by atoms with E-state index in [1.54, 1.807) is 11.4 Å². The van der Waals surface area contributed by atoms with E-state index in [1.165, 1.54) is 29.3 Å². The highest BCUT2D eigenvalue weighted by molar-refractivity contribution is 7.17. The minimum Gasteiger partial charge on any atom is -0.341 e. The number of nitrogens with one attached hydrogen (secondary N) is 2. The maximum atomic E-state index is 12.0. The predicted octanol–water partition coefficient (Wildman–Crippen LogP) is 0.304. The maximum absolute atomic E-state index is 12.0. The number of carbonyl (C=O) groups excluding carboxylic acids is 2. The SMILES string of the molecule is CNC(=O)NC(=O)CCn1cnc2ccsc2c1=O. The van der Waals surface area contributed by atoms with E-state index in [1.807, 2.05) is 0 Å². The fourth-order valence-electron chi connectivity index (χ4n) is 1.51. The van der Waals surface area contributed by atoms with Crippen LogP contribution in [0.25, 0.3) is 10.2 Å². The molecule has 0 atom stereocenters. The van der Waals surface area contributed by atoms with Gasteiger partial charge in [-0.15, -0.1) is 11.3 Å². The molecule has 100 valence electrons. The smallest absolute Gasteiger partial charge is 0.321 e. The summed E-state index contributed by atoms with van der Waals surface area (Å²) in [6, 6.07) is 1.20. The number of rotatable bonds is 3. The molecule has 2 aromatic rings. The van der Waals surface area contributed by atoms with Crippen LogP contribution in [0.5, 0.6) is 0 Å². The third-order valence-corrected chi connectivity index (χ3v) is 3.39. The molecule has 8 heteroatoms. The summed E-state index contributed by atoms with van der Waals surface area (Å²) in [6.07, 6.45) is 1.44. The van der Waals surface area contributed by atoms with Gasteiger partial charge in [-0.25, -0.2) is 9.78 Å². The number of imide groups is 1. The largest absolute Gasteiger partial charge is 0.341 e. The standard InChI is InChI=1S/C11H12N4O3S/c1-12-11(18)14-8(16)2-4-15-6-13-7-3-5-19-9(7)10(15)17/h3,5-6H,2,4H2,1H3,(H2,12,14,16,18). The number of carbonyl (C=O) groups is 2. The number of hydrogen-bond donors (Lipinski definition) is 2. The molecule has 0 saturated heterocycles. The third-order valence-electron chi connectivity index (χ3n) is 2.50. The molecule has 0 aliphatic heterocycles. The molecule has 0 aliphatic rings. The van der Waals surface area contributed by atoms with Crippen molar-refractivity contribution < 1.29 is 9.59 Å². The molecular formula is C11H12N4O3S. The van der Waals surface area contributed by atoms with Crippen molar-refractivity contribution in [2.45, 2.75) is 13.0 Å². The lowest BCUT2D eigenvalue weighted by Crippen LogP contribution is -2.38. The van der Waals surface area contributed by atoms with E-state index in [-0.39, 0.29) is 18.5 Å². The lowest BCUT2D eigenvalue weighted by Gasteiger charge is -2.05. The van der Waals surface area contributed by atoms with E-state index in [9.17, 15) is 14.4 Å². The van der Waals surface area contributed by atoms with E-state index >= 15 is 0 Å². The molecule has 7 nitrogen and oxygen atoms in total. The van der Waals surface area contributed by atoms with Crippen LogP contribution in [-0.4, -0.2) is 28.5 Å². The van der Waals surface area contributed by atoms with E-state index in [0.29, 0.717) is 10.2 Å². The average Bonchev–Trinajstić information content (AvgIpc) is 2.87. The third kappa shape index (κ3) is 2.97. The van der Waals surface area contributed by atoms with Crippen molar-refractivity contribution in [3.8, 4) is 0 Å². The molecule has 0 aliphatic carbocycles. The van der Waals surface area contributed by atoms with Crippen LogP contribution in [0.3, 0.4) is 0 Å². The van der Waals surface area contributed by atoms with Crippen LogP contribution >= 0.6 is 11.3 Å². The summed E-state index contributed by atoms with van der Waals surface area (Å²) in [5.74, 6) is -0.447. The lowest BCUT2D eigenvalue weighted by atomic mass is 10.4. The average molecular weight is 280 g/mol. The molecule has 2 aromatic heterocycles. The summed E-state index contributed by atoms with van der Waals surface area (Å²) in [4.78, 5) is 38.4. The zero-order valence-electron chi connectivity index (χ0n) is 10.2. The van der Waals surface area contributed by atoms with E-state index in [0.717, 1.165) is 0 Å². The second-order valence-electron chi connectivity index (χ2n) is 3.76. The van der Waals surface area contributed by atoms with Gasteiger partial charge in [0.1, 0.15) is 4.70 Å². The van der Waals surface area contributed by atoms with Crippen LogP contribution in [-0.2, 0) is 11.3 Å². The minimum absolute atomic E-state index is 0.0336. The Hall–Kier alpha value is -2.22. The van der Waals surface area contributed by atoms with Gasteiger partial charge in [-0.1, -0.05) is 0 Å². The Morgan fingerprint density at radius 2 is 2.26 bits per heavy atom. The van der Waals surface area contributed by atoms with E-state index in [2.05, 4.69) is 15.6 Å². The van der Waals surface area contributed by atoms with Gasteiger partial charge in [0.25, 0.3) is 5.56 Å². The van der Waals surface area contributed by atoms with Gasteiger partial charge >= 0.3 is 6.03 Å². The van der Waals surface area contributed by atoms with Crippen molar-refractivity contribution in [3.63, 3.8) is 0 Å². The first kappa shape index (κ1) is 13.2. The quantitative estimate of drug-likeness (QED) is 0.846. The first-order valence-corrected chi connectivity index (χ1v) is 6.44. The van der Waals surface area contributed by atoms with E-state index in [4.69, 9.17) is 0 Å². The number of fused-ring (bicyclic) bond motifs is 1. The Kier molecular flexibility index (Phi) is 3.91. The van der Waals surface area contributed by atoms with Gasteiger partial charge in [-0.2, -0.15) is 0 Å². The monoisotopic (exact) mass is 280 g/mol. The number of urea groups is 1. The van der Waals surface area contributed by atoms with Crippen LogP contribution < -0.4 is 16.2 Å². The zero-order chi connectivity index (χ0) is 13.8. The molecule has 0 aromatic carbocycles. The van der Waals surface area contributed by atoms with Crippen molar-refractivity contribution in [2.75, 3.05) is 7.05 Å². The van der Waals surface area contributed by atoms with Gasteiger partial charge in [0, 0.05) is 20.0 Å². The summed E-state index contributed by atoms with van der Waals surface area (Å²) >= 11 is 1.32. The second-order valence-corrected chi connectivity index (χ2v) is 4.67. The number of thiophene rings is 1. The summed E-state index contributed by atoms with van der Waals surface area (Å²) in [6.45, 7) is 0.183. The van der Waals surface area contributed by atoms with Gasteiger partial charge < -0.3 is 5.32 Å². The fourth-order valence-corrected chi connectivity index (χ4v) is 2.30. The predicted molar refractivity (Wildman–Crippen MR) is 71.1 cm³/mol. The Balaban J connectivity index is 2.06. The maximum Gasteiger partial charge on any atom is 0.321 e. The zero-order valence-corrected chi connectivity index (χ0v) is 11.0. The summed E-state index contributed by atoms with van der Waals surface area (Å²) in [5, 5.41) is 6.20. The van der Waals surface area contributed by atoms with Gasteiger partial charge in [-0.05, 0) is 11.4 Å². The van der Waals surface area contributed by atoms with E-state index < -0.39 is 11.9 Å². The number of nitrogens with zero attached hydrogens (tertiary/aromatic N) is 2. The Morgan fingerprint density at radius 3 is 3.00 bits per heavy atom. The fraction of sp³-hybridized carbons (Fsp3) is 0.273. The van der Waals surface area contributed by atoms with Crippen molar-refractivity contribution >= 4 is 33.5 Å². The highest BCUT2D eigenvalue weighted by Crippen LogP contribution is 2.13. The molecule has 0 saturated carbocycles. The Morgan fingerprint density at radius 1 is 1.47 bits per heavy atom. The van der Waals surface area contributed by atoms with Crippen LogP contribution in [0, 0.1) is 0 Å². The summed E-state index contributed by atoms with van der Waals surface area (Å²) in [5.41, 5.74) is 0.480. The molecule has 19 heavy (non-hydrogen) atoms. The molecule has 2 N–H and O–H groups in total. The molecule has 0 radical (unpaired) electrons. The van der Waals surface area contributed by atoms with Gasteiger partial charge in [0.05, 0.1) is 11.8 Å². The van der Waals surface area contributed by atoms with Crippen LogP contribution in [0.2, 0.25) is 0 Å². The Labute approximate surface area is 112 Å². The molecular weight excluding hydrogens is 268 g/mol. The first-order valence-electron chi connectivity index (χ1n) is 5.56. The molecule has 0 unspecified atom stereocenters. The molecule has 0 fully saturated rings. The number of amides is 3. The summed E-state index contributed by atoms with van der Waals surface area (Å²) < 4.78 is 1.93. The van der Waals surface area contributed by atoms with Crippen molar-refractivity contribution in [1.29, 1.82) is 0 Å². The normalized spacial score (nSPS) is 10.4. The van der Waals surface area contributed by atoms with Crippen molar-refractivity contribution in [1.82, 2.24) is 20.2 Å². The number of aromatic nitrogens is 2. The number of aryl methyl sites for hydroxylation is 1. The molecule has 0 spiro atoms. The molecule has 3 amide bonds. The van der Waals surface area contributed by atoms with Crippen LogP contribution in [0.1, 0.15) is 6.42 Å². The first-order chi connectivity index (χ1) is 9.11. The van der Waals surface area contributed by atoms with Crippen molar-refractivity contribution in [3.05, 3.63) is 28.1 Å². The minimum atomic E-state index is -0.566. The van der Waals surface area contributed by atoms with Crippen LogP contribution in [0.15, 0.2) is 22.6 Å². The van der Waals surface area contributed by atoms with Gasteiger partial charge in [0.15, 0.2) is 0 Å². The lowest BCUT2D eigenvalue weighted by molar-refractivity contribution is -0.120. The van der Waals surface area contributed by atoms with Crippen molar-refractivity contribution in [2.24, 2.45) is 0 Å². The molecule has 0 bridgehead atoms. The Bertz CT molecular complexity index is 676. The topological polar surface area (TPSA) is 93.1 Å². The molecule has 2 heterocycles.